The maximum Gasteiger partial charge on any atom is 0.217 e. The third-order valence-corrected chi connectivity index (χ3v) is 4.55. The lowest BCUT2D eigenvalue weighted by atomic mass is 9.87. The van der Waals surface area contributed by atoms with E-state index >= 15 is 0 Å². The van der Waals surface area contributed by atoms with Crippen LogP contribution in [-0.4, -0.2) is 33.6 Å². The zero-order chi connectivity index (χ0) is 19.1. The van der Waals surface area contributed by atoms with E-state index in [1.165, 1.54) is 11.1 Å². The van der Waals surface area contributed by atoms with Gasteiger partial charge in [-0.25, -0.2) is 0 Å². The summed E-state index contributed by atoms with van der Waals surface area (Å²) in [4.78, 5) is 11.1. The molecule has 27 heavy (non-hydrogen) atoms. The van der Waals surface area contributed by atoms with E-state index < -0.39 is 0 Å². The second-order valence-electron chi connectivity index (χ2n) is 6.47. The maximum atomic E-state index is 11.1. The van der Waals surface area contributed by atoms with Crippen LogP contribution in [0.5, 0.6) is 5.75 Å². The molecule has 0 spiro atoms. The number of methoxy groups -OCH3 is 1. The lowest BCUT2D eigenvalue weighted by molar-refractivity contribution is -0.118. The first kappa shape index (κ1) is 18.6. The van der Waals surface area contributed by atoms with Crippen molar-refractivity contribution in [2.24, 2.45) is 5.73 Å². The van der Waals surface area contributed by atoms with E-state index in [9.17, 15) is 4.79 Å². The van der Waals surface area contributed by atoms with Gasteiger partial charge in [0.05, 0.1) is 7.11 Å². The van der Waals surface area contributed by atoms with Gasteiger partial charge in [-0.2, -0.15) is 5.21 Å². The lowest BCUT2D eigenvalue weighted by Gasteiger charge is -2.18. The van der Waals surface area contributed by atoms with E-state index in [-0.39, 0.29) is 11.8 Å². The molecular formula is C20H23N5O2. The fraction of sp³-hybridized carbons (Fsp3) is 0.300. The standard InChI is InChI=1S/C20H23N5O2/c1-27-18-9-2-5-14(12-18)11-15(7-4-10-19(21)26)16-6-3-8-17(13-16)20-22-24-25-23-20/h2-3,5-6,8-9,12-13,15H,4,7,10-11H2,1H3,(H2,21,26)(H,22,23,24,25). The van der Waals surface area contributed by atoms with E-state index in [1.807, 2.05) is 30.3 Å². The Kier molecular flexibility index (Phi) is 6.14. The summed E-state index contributed by atoms with van der Waals surface area (Å²) < 4.78 is 5.33. The predicted molar refractivity (Wildman–Crippen MR) is 102 cm³/mol. The average Bonchev–Trinajstić information content (AvgIpc) is 3.22. The van der Waals surface area contributed by atoms with Crippen molar-refractivity contribution < 1.29 is 9.53 Å². The molecule has 0 fully saturated rings. The molecule has 1 atom stereocenters. The molecule has 0 aliphatic heterocycles. The number of nitrogens with one attached hydrogen (secondary N) is 1. The number of aromatic nitrogens is 4. The van der Waals surface area contributed by atoms with Crippen molar-refractivity contribution >= 4 is 5.91 Å². The van der Waals surface area contributed by atoms with E-state index in [4.69, 9.17) is 10.5 Å². The molecule has 1 heterocycles. The number of aromatic amines is 1. The summed E-state index contributed by atoms with van der Waals surface area (Å²) in [7, 11) is 1.66. The van der Waals surface area contributed by atoms with Gasteiger partial charge in [0.2, 0.25) is 11.7 Å². The number of H-pyrrole nitrogens is 1. The van der Waals surface area contributed by atoms with Gasteiger partial charge in [-0.15, -0.1) is 10.2 Å². The van der Waals surface area contributed by atoms with Gasteiger partial charge in [0.15, 0.2) is 0 Å². The molecule has 7 heteroatoms. The number of rotatable bonds is 9. The minimum absolute atomic E-state index is 0.239. The zero-order valence-corrected chi connectivity index (χ0v) is 15.3. The highest BCUT2D eigenvalue weighted by Crippen LogP contribution is 2.30. The highest BCUT2D eigenvalue weighted by atomic mass is 16.5. The SMILES string of the molecule is COc1cccc(CC(CCCC(N)=O)c2cccc(-c3nn[nH]n3)c2)c1. The van der Waals surface area contributed by atoms with E-state index in [2.05, 4.69) is 38.8 Å². The summed E-state index contributed by atoms with van der Waals surface area (Å²) in [6.07, 6.45) is 2.83. The summed E-state index contributed by atoms with van der Waals surface area (Å²) in [5.41, 5.74) is 8.58. The van der Waals surface area contributed by atoms with Crippen LogP contribution in [0, 0.1) is 0 Å². The van der Waals surface area contributed by atoms with Crippen LogP contribution in [0.3, 0.4) is 0 Å². The van der Waals surface area contributed by atoms with Crippen LogP contribution in [0.25, 0.3) is 11.4 Å². The third-order valence-electron chi connectivity index (χ3n) is 4.55. The predicted octanol–water partition coefficient (Wildman–Crippen LogP) is 2.86. The van der Waals surface area contributed by atoms with Gasteiger partial charge in [-0.1, -0.05) is 30.3 Å². The molecule has 1 unspecified atom stereocenters. The molecule has 0 saturated carbocycles. The number of nitrogens with zero attached hydrogens (tertiary/aromatic N) is 3. The number of amides is 1. The fourth-order valence-electron chi connectivity index (χ4n) is 3.21. The van der Waals surface area contributed by atoms with Gasteiger partial charge in [0.1, 0.15) is 5.75 Å². The van der Waals surface area contributed by atoms with E-state index in [0.717, 1.165) is 30.6 Å². The zero-order valence-electron chi connectivity index (χ0n) is 15.3. The first-order valence-corrected chi connectivity index (χ1v) is 8.90. The van der Waals surface area contributed by atoms with Crippen LogP contribution in [-0.2, 0) is 11.2 Å². The van der Waals surface area contributed by atoms with Crippen molar-refractivity contribution in [1.82, 2.24) is 20.6 Å². The average molecular weight is 365 g/mol. The minimum atomic E-state index is -0.268. The number of hydrogen-bond acceptors (Lipinski definition) is 5. The molecule has 7 nitrogen and oxygen atoms in total. The molecule has 0 radical (unpaired) electrons. The Morgan fingerprint density at radius 1 is 1.22 bits per heavy atom. The molecule has 0 aliphatic carbocycles. The molecule has 0 saturated heterocycles. The summed E-state index contributed by atoms with van der Waals surface area (Å²) in [5.74, 6) is 1.37. The summed E-state index contributed by atoms with van der Waals surface area (Å²) in [6.45, 7) is 0. The molecule has 2 aromatic carbocycles. The molecular weight excluding hydrogens is 342 g/mol. The van der Waals surface area contributed by atoms with E-state index in [0.29, 0.717) is 12.2 Å². The van der Waals surface area contributed by atoms with Crippen LogP contribution < -0.4 is 10.5 Å². The normalized spacial score (nSPS) is 11.9. The number of ether oxygens (including phenoxy) is 1. The van der Waals surface area contributed by atoms with Crippen molar-refractivity contribution in [3.63, 3.8) is 0 Å². The Bertz CT molecular complexity index is 880. The summed E-state index contributed by atoms with van der Waals surface area (Å²) >= 11 is 0. The van der Waals surface area contributed by atoms with Crippen LogP contribution in [0.2, 0.25) is 0 Å². The van der Waals surface area contributed by atoms with Crippen molar-refractivity contribution in [1.29, 1.82) is 0 Å². The molecule has 1 aromatic heterocycles. The maximum absolute atomic E-state index is 11.1. The van der Waals surface area contributed by atoms with Crippen LogP contribution in [0.1, 0.15) is 36.3 Å². The molecule has 140 valence electrons. The van der Waals surface area contributed by atoms with E-state index in [1.54, 1.807) is 7.11 Å². The fourth-order valence-corrected chi connectivity index (χ4v) is 3.21. The Morgan fingerprint density at radius 3 is 2.81 bits per heavy atom. The largest absolute Gasteiger partial charge is 0.497 e. The van der Waals surface area contributed by atoms with Gasteiger partial charge in [-0.05, 0) is 59.7 Å². The Labute approximate surface area is 157 Å². The van der Waals surface area contributed by atoms with Crippen molar-refractivity contribution in [2.45, 2.75) is 31.6 Å². The van der Waals surface area contributed by atoms with Gasteiger partial charge in [0, 0.05) is 12.0 Å². The number of carbonyl (C=O) groups is 1. The van der Waals surface area contributed by atoms with Gasteiger partial charge in [0.25, 0.3) is 0 Å². The van der Waals surface area contributed by atoms with Crippen LogP contribution in [0.4, 0.5) is 0 Å². The molecule has 0 aliphatic rings. The second kappa shape index (κ2) is 8.93. The lowest BCUT2D eigenvalue weighted by Crippen LogP contribution is -2.11. The molecule has 0 bridgehead atoms. The van der Waals surface area contributed by atoms with Crippen molar-refractivity contribution in [3.8, 4) is 17.1 Å². The van der Waals surface area contributed by atoms with Crippen molar-refractivity contribution in [3.05, 3.63) is 59.7 Å². The monoisotopic (exact) mass is 365 g/mol. The highest BCUT2D eigenvalue weighted by molar-refractivity contribution is 5.73. The van der Waals surface area contributed by atoms with Gasteiger partial charge in [-0.3, -0.25) is 4.79 Å². The molecule has 3 aromatic rings. The first-order chi connectivity index (χ1) is 13.2. The summed E-state index contributed by atoms with van der Waals surface area (Å²) in [6, 6.07) is 16.2. The smallest absolute Gasteiger partial charge is 0.217 e. The molecule has 3 N–H and O–H groups in total. The first-order valence-electron chi connectivity index (χ1n) is 8.90. The Balaban J connectivity index is 1.84. The van der Waals surface area contributed by atoms with Gasteiger partial charge < -0.3 is 10.5 Å². The number of carbonyl (C=O) groups excluding carboxylic acids is 1. The molecule has 1 amide bonds. The second-order valence-corrected chi connectivity index (χ2v) is 6.47. The number of tetrazole rings is 1. The number of primary amides is 1. The van der Waals surface area contributed by atoms with Crippen LogP contribution >= 0.6 is 0 Å². The number of nitrogens with two attached hydrogens (primary N) is 1. The highest BCUT2D eigenvalue weighted by Gasteiger charge is 2.15. The number of hydrogen-bond donors (Lipinski definition) is 2. The van der Waals surface area contributed by atoms with Crippen molar-refractivity contribution in [2.75, 3.05) is 7.11 Å². The third kappa shape index (κ3) is 5.13. The van der Waals surface area contributed by atoms with Gasteiger partial charge >= 0.3 is 0 Å². The summed E-state index contributed by atoms with van der Waals surface area (Å²) in [5, 5.41) is 14.2. The minimum Gasteiger partial charge on any atom is -0.497 e. The Hall–Kier alpha value is -3.22. The number of benzene rings is 2. The van der Waals surface area contributed by atoms with Crippen LogP contribution in [0.15, 0.2) is 48.5 Å². The Morgan fingerprint density at radius 2 is 2.07 bits per heavy atom. The quantitative estimate of drug-likeness (QED) is 0.606. The topological polar surface area (TPSA) is 107 Å². The molecule has 3 rings (SSSR count).